The van der Waals surface area contributed by atoms with Gasteiger partial charge in [0.2, 0.25) is 0 Å². The van der Waals surface area contributed by atoms with Crippen LogP contribution in [0.2, 0.25) is 0 Å². The van der Waals surface area contributed by atoms with E-state index in [1.165, 1.54) is 13.8 Å². The number of aliphatic carboxylic acids is 1. The van der Waals surface area contributed by atoms with E-state index in [2.05, 4.69) is 13.2 Å². The first kappa shape index (κ1) is 23.6. The number of carboxylic acid groups (broad SMARTS) is 1. The van der Waals surface area contributed by atoms with E-state index < -0.39 is 32.7 Å². The van der Waals surface area contributed by atoms with Crippen molar-refractivity contribution in [2.75, 3.05) is 0 Å². The van der Waals surface area contributed by atoms with Gasteiger partial charge in [0.15, 0.2) is 5.78 Å². The number of ketones is 1. The van der Waals surface area contributed by atoms with Crippen molar-refractivity contribution < 1.29 is 57.2 Å². The topological polar surface area (TPSA) is 138 Å². The van der Waals surface area contributed by atoms with Crippen LogP contribution in [0.15, 0.2) is 25.3 Å². The Morgan fingerprint density at radius 1 is 1.32 bits per heavy atom. The van der Waals surface area contributed by atoms with Gasteiger partial charge in [0.1, 0.15) is 4.75 Å². The molecule has 0 aromatic heterocycles. The van der Waals surface area contributed by atoms with Crippen molar-refractivity contribution in [1.29, 1.82) is 0 Å². The fourth-order valence-electron chi connectivity index (χ4n) is 0.630. The summed E-state index contributed by atoms with van der Waals surface area (Å²) in [5, 5.41) is 9.14. The van der Waals surface area contributed by atoms with Crippen LogP contribution < -0.4 is 40.4 Å². The van der Waals surface area contributed by atoms with Crippen molar-refractivity contribution in [3.63, 3.8) is 0 Å². The molecule has 0 bridgehead atoms. The summed E-state index contributed by atoms with van der Waals surface area (Å²) in [4.78, 5) is 20.1. The van der Waals surface area contributed by atoms with E-state index in [1.807, 2.05) is 0 Å². The number of hydrogen-bond donors (Lipinski definition) is 2. The number of carboxylic acids is 1. The van der Waals surface area contributed by atoms with E-state index in [0.29, 0.717) is 0 Å². The third-order valence-electron chi connectivity index (χ3n) is 2.09. The molecule has 0 aromatic carbocycles. The van der Waals surface area contributed by atoms with Crippen LogP contribution in [0.4, 0.5) is 0 Å². The number of rotatable bonds is 5. The summed E-state index contributed by atoms with van der Waals surface area (Å²) in [7, 11) is -4.35. The summed E-state index contributed by atoms with van der Waals surface area (Å²) in [6, 6.07) is -1.31. The molecule has 0 aromatic rings. The van der Waals surface area contributed by atoms with Crippen molar-refractivity contribution in [3.05, 3.63) is 25.3 Å². The molecule has 0 amide bonds. The fraction of sp³-hybridized carbons (Fsp3) is 0.400. The van der Waals surface area contributed by atoms with E-state index in [1.54, 1.807) is 0 Å². The van der Waals surface area contributed by atoms with Crippen molar-refractivity contribution in [1.82, 2.24) is 0 Å². The molecular formula is C10H16NNaO6S. The van der Waals surface area contributed by atoms with Gasteiger partial charge in [0.25, 0.3) is 10.1 Å². The average molecular weight is 301 g/mol. The minimum atomic E-state index is -4.35. The Labute approximate surface area is 134 Å². The molecular weight excluding hydrogens is 285 g/mol. The smallest absolute Gasteiger partial charge is 0.545 e. The maximum Gasteiger partial charge on any atom is 1.00 e. The molecule has 104 valence electrons. The number of carbonyl (C=O) groups is 2. The fourth-order valence-corrected chi connectivity index (χ4v) is 1.07. The summed E-state index contributed by atoms with van der Waals surface area (Å²) >= 11 is 0. The van der Waals surface area contributed by atoms with Gasteiger partial charge in [-0.05, 0) is 26.0 Å². The minimum absolute atomic E-state index is 0. The zero-order chi connectivity index (χ0) is 15.1. The second-order valence-electron chi connectivity index (χ2n) is 3.69. The Balaban J connectivity index is -0.000000366. The normalized spacial score (nSPS) is 12.0. The number of carbonyl (C=O) groups excluding carboxylic acids is 2. The molecule has 0 heterocycles. The van der Waals surface area contributed by atoms with Crippen LogP contribution in [0.25, 0.3) is 0 Å². The largest absolute Gasteiger partial charge is 1.00 e. The maximum absolute atomic E-state index is 11.0. The number of hydrogen-bond acceptors (Lipinski definition) is 6. The molecule has 19 heavy (non-hydrogen) atoms. The molecule has 7 nitrogen and oxygen atoms in total. The summed E-state index contributed by atoms with van der Waals surface area (Å²) < 4.78 is 28.7. The third-order valence-corrected chi connectivity index (χ3v) is 3.67. The molecule has 9 heteroatoms. The average Bonchev–Trinajstić information content (AvgIpc) is 2.26. The van der Waals surface area contributed by atoms with Gasteiger partial charge in [-0.25, -0.2) is 0 Å². The Hall–Kier alpha value is -0.510. The molecule has 0 aliphatic carbocycles. The van der Waals surface area contributed by atoms with Crippen LogP contribution in [-0.2, 0) is 19.7 Å². The molecule has 0 saturated heterocycles. The van der Waals surface area contributed by atoms with E-state index in [-0.39, 0.29) is 29.6 Å². The summed E-state index contributed by atoms with van der Waals surface area (Å²) in [6.45, 7) is 8.42. The first-order chi connectivity index (χ1) is 7.91. The van der Waals surface area contributed by atoms with Gasteiger partial charge in [-0.3, -0.25) is 9.35 Å². The molecule has 1 unspecified atom stereocenters. The summed E-state index contributed by atoms with van der Waals surface area (Å²) in [5.41, 5.74) is 5.33. The minimum Gasteiger partial charge on any atom is -0.545 e. The van der Waals surface area contributed by atoms with Crippen molar-refractivity contribution >= 4 is 21.9 Å². The Kier molecular flexibility index (Phi) is 11.7. The van der Waals surface area contributed by atoms with Gasteiger partial charge in [0.05, 0.1) is 12.0 Å². The van der Waals surface area contributed by atoms with Crippen LogP contribution >= 0.6 is 0 Å². The Morgan fingerprint density at radius 3 is 1.79 bits per heavy atom. The summed E-state index contributed by atoms with van der Waals surface area (Å²) in [5.74, 6) is -1.85. The molecule has 0 aliphatic rings. The van der Waals surface area contributed by atoms with Gasteiger partial charge in [-0.1, -0.05) is 13.2 Å². The van der Waals surface area contributed by atoms with E-state index in [0.717, 1.165) is 12.2 Å². The predicted octanol–water partition coefficient (Wildman–Crippen LogP) is -4.34. The number of nitrogens with two attached hydrogens (primary N) is 1. The zero-order valence-corrected chi connectivity index (χ0v) is 13.9. The monoisotopic (exact) mass is 301 g/mol. The first-order valence-electron chi connectivity index (χ1n) is 4.64. The van der Waals surface area contributed by atoms with E-state index in [4.69, 9.17) is 20.2 Å². The second-order valence-corrected chi connectivity index (χ2v) is 5.69. The van der Waals surface area contributed by atoms with Crippen molar-refractivity contribution in [2.24, 2.45) is 5.73 Å². The van der Waals surface area contributed by atoms with Crippen molar-refractivity contribution in [2.45, 2.75) is 24.6 Å². The van der Waals surface area contributed by atoms with Crippen molar-refractivity contribution in [3.8, 4) is 0 Å². The third kappa shape index (κ3) is 8.30. The van der Waals surface area contributed by atoms with Gasteiger partial charge in [-0.2, -0.15) is 8.42 Å². The first-order valence-corrected chi connectivity index (χ1v) is 6.08. The molecule has 3 N–H and O–H groups in total. The van der Waals surface area contributed by atoms with Crippen LogP contribution in [0.5, 0.6) is 0 Å². The van der Waals surface area contributed by atoms with Gasteiger partial charge in [0, 0.05) is 0 Å². The van der Waals surface area contributed by atoms with Crippen LogP contribution in [-0.4, -0.2) is 35.5 Å². The Bertz CT molecular complexity index is 443. The molecule has 0 spiro atoms. The molecule has 0 fully saturated rings. The van der Waals surface area contributed by atoms with E-state index in [9.17, 15) is 13.2 Å². The van der Waals surface area contributed by atoms with Gasteiger partial charge < -0.3 is 15.6 Å². The summed E-state index contributed by atoms with van der Waals surface area (Å²) in [6.07, 6.45) is 1.65. The molecule has 0 radical (unpaired) electrons. The molecule has 0 saturated carbocycles. The maximum atomic E-state index is 11.0. The Morgan fingerprint density at radius 2 is 1.63 bits per heavy atom. The van der Waals surface area contributed by atoms with Gasteiger partial charge in [-0.15, -0.1) is 0 Å². The predicted molar refractivity (Wildman–Crippen MR) is 64.0 cm³/mol. The second kappa shape index (κ2) is 9.40. The quantitative estimate of drug-likeness (QED) is 0.297. The SMILES string of the molecule is C=CC(=O)C(N)C(C)(C)S(=O)(=O)O.C=CC(=O)[O-].[Na+]. The zero-order valence-electron chi connectivity index (χ0n) is 11.1. The molecule has 1 atom stereocenters. The van der Waals surface area contributed by atoms with Crippen LogP contribution in [0, 0.1) is 0 Å². The van der Waals surface area contributed by atoms with Crippen LogP contribution in [0.3, 0.4) is 0 Å². The molecule has 0 aliphatic heterocycles. The van der Waals surface area contributed by atoms with Crippen LogP contribution in [0.1, 0.15) is 13.8 Å². The standard InChI is InChI=1S/C7H13NO4S.C3H4O2.Na/c1-4-5(9)6(8)7(2,3)13(10,11)12;1-2-3(4)5;/h4,6H,1,8H2,2-3H3,(H,10,11,12);2H,1H2,(H,4,5);/q;;+1/p-1. The van der Waals surface area contributed by atoms with E-state index >= 15 is 0 Å². The molecule has 0 rings (SSSR count). The van der Waals surface area contributed by atoms with Gasteiger partial charge >= 0.3 is 29.6 Å².